The van der Waals surface area contributed by atoms with Crippen LogP contribution in [0.5, 0.6) is 0 Å². The molecule has 0 spiro atoms. The van der Waals surface area contributed by atoms with E-state index in [4.69, 9.17) is 0 Å². The summed E-state index contributed by atoms with van der Waals surface area (Å²) in [5.41, 5.74) is 3.14. The third-order valence-electron chi connectivity index (χ3n) is 4.96. The molecule has 0 radical (unpaired) electrons. The molecule has 0 aliphatic carbocycles. The first-order chi connectivity index (χ1) is 14.0. The number of anilines is 1. The number of carbonyl (C=O) groups excluding carboxylic acids is 1. The van der Waals surface area contributed by atoms with Crippen LogP contribution in [0.2, 0.25) is 0 Å². The summed E-state index contributed by atoms with van der Waals surface area (Å²) in [5, 5.41) is 14.2. The van der Waals surface area contributed by atoms with Crippen molar-refractivity contribution in [3.8, 4) is 0 Å². The molecule has 0 unspecified atom stereocenters. The molecule has 1 N–H and O–H groups in total. The summed E-state index contributed by atoms with van der Waals surface area (Å²) in [5.74, 6) is 0.480. The Morgan fingerprint density at radius 3 is 2.66 bits per heavy atom. The van der Waals surface area contributed by atoms with Gasteiger partial charge in [-0.1, -0.05) is 42.5 Å². The van der Waals surface area contributed by atoms with Crippen LogP contribution in [0.3, 0.4) is 0 Å². The van der Waals surface area contributed by atoms with E-state index in [0.29, 0.717) is 25.3 Å². The SMILES string of the molecule is Cc1nn(CCC(=O)Nc2ccn(Cc3cccc4ccccc34)n2)c(C)c1Br. The van der Waals surface area contributed by atoms with Gasteiger partial charge in [-0.25, -0.2) is 0 Å². The van der Waals surface area contributed by atoms with Crippen molar-refractivity contribution in [2.24, 2.45) is 0 Å². The van der Waals surface area contributed by atoms with Crippen LogP contribution in [0.15, 0.2) is 59.2 Å². The van der Waals surface area contributed by atoms with Gasteiger partial charge in [-0.15, -0.1) is 0 Å². The van der Waals surface area contributed by atoms with E-state index in [9.17, 15) is 4.79 Å². The lowest BCUT2D eigenvalue weighted by molar-refractivity contribution is -0.116. The van der Waals surface area contributed by atoms with Crippen LogP contribution < -0.4 is 5.32 Å². The van der Waals surface area contributed by atoms with E-state index >= 15 is 0 Å². The van der Waals surface area contributed by atoms with E-state index in [-0.39, 0.29) is 5.91 Å². The molecule has 0 saturated heterocycles. The molecule has 4 aromatic rings. The van der Waals surface area contributed by atoms with Crippen LogP contribution in [0, 0.1) is 13.8 Å². The maximum absolute atomic E-state index is 12.3. The summed E-state index contributed by atoms with van der Waals surface area (Å²) in [7, 11) is 0. The predicted octanol–water partition coefficient (Wildman–Crippen LogP) is 4.69. The second-order valence-corrected chi connectivity index (χ2v) is 7.84. The van der Waals surface area contributed by atoms with Gasteiger partial charge in [0.1, 0.15) is 0 Å². The van der Waals surface area contributed by atoms with Gasteiger partial charge in [0.05, 0.1) is 23.3 Å². The Morgan fingerprint density at radius 1 is 1.07 bits per heavy atom. The Bertz CT molecular complexity index is 1170. The minimum absolute atomic E-state index is 0.0795. The lowest BCUT2D eigenvalue weighted by Crippen LogP contribution is -2.16. The zero-order valence-corrected chi connectivity index (χ0v) is 18.0. The number of aryl methyl sites for hydroxylation is 2. The standard InChI is InChI=1S/C22H22BrN5O/c1-15-22(23)16(2)28(25-15)13-11-21(29)24-20-10-12-27(26-20)14-18-8-5-7-17-6-3-4-9-19(17)18/h3-10,12H,11,13-14H2,1-2H3,(H,24,26,29). The molecule has 2 aromatic heterocycles. The second-order valence-electron chi connectivity index (χ2n) is 7.04. The molecule has 2 aromatic carbocycles. The first kappa shape index (κ1) is 19.4. The van der Waals surface area contributed by atoms with Crippen molar-refractivity contribution >= 4 is 38.4 Å². The first-order valence-electron chi connectivity index (χ1n) is 9.51. The fourth-order valence-electron chi connectivity index (χ4n) is 3.43. The Balaban J connectivity index is 1.38. The van der Waals surface area contributed by atoms with E-state index in [2.05, 4.69) is 61.8 Å². The zero-order valence-electron chi connectivity index (χ0n) is 16.4. The highest BCUT2D eigenvalue weighted by Crippen LogP contribution is 2.21. The molecule has 0 aliphatic heterocycles. The number of hydrogen-bond donors (Lipinski definition) is 1. The molecule has 0 saturated carbocycles. The van der Waals surface area contributed by atoms with Crippen LogP contribution in [0.1, 0.15) is 23.4 Å². The molecule has 0 fully saturated rings. The maximum atomic E-state index is 12.3. The normalized spacial score (nSPS) is 11.1. The van der Waals surface area contributed by atoms with Crippen molar-refractivity contribution in [3.05, 3.63) is 76.2 Å². The summed E-state index contributed by atoms with van der Waals surface area (Å²) in [4.78, 5) is 12.3. The fraction of sp³-hybridized carbons (Fsp3) is 0.227. The number of carbonyl (C=O) groups is 1. The molecule has 2 heterocycles. The van der Waals surface area contributed by atoms with E-state index < -0.39 is 0 Å². The van der Waals surface area contributed by atoms with Crippen LogP contribution >= 0.6 is 15.9 Å². The summed E-state index contributed by atoms with van der Waals surface area (Å²) >= 11 is 3.51. The van der Waals surface area contributed by atoms with E-state index in [1.165, 1.54) is 16.3 Å². The van der Waals surface area contributed by atoms with Crippen molar-refractivity contribution in [2.45, 2.75) is 33.4 Å². The van der Waals surface area contributed by atoms with Crippen LogP contribution in [-0.4, -0.2) is 25.5 Å². The molecule has 7 heteroatoms. The Morgan fingerprint density at radius 2 is 1.86 bits per heavy atom. The average Bonchev–Trinajstić information content (AvgIpc) is 3.26. The molecule has 4 rings (SSSR count). The number of fused-ring (bicyclic) bond motifs is 1. The lowest BCUT2D eigenvalue weighted by atomic mass is 10.0. The molecule has 1 amide bonds. The van der Waals surface area contributed by atoms with Gasteiger partial charge in [0.15, 0.2) is 5.82 Å². The van der Waals surface area contributed by atoms with Gasteiger partial charge in [0.2, 0.25) is 5.91 Å². The Labute approximate surface area is 177 Å². The Kier molecular flexibility index (Phi) is 5.49. The van der Waals surface area contributed by atoms with Gasteiger partial charge in [0, 0.05) is 24.4 Å². The van der Waals surface area contributed by atoms with Crippen molar-refractivity contribution in [3.63, 3.8) is 0 Å². The highest BCUT2D eigenvalue weighted by atomic mass is 79.9. The quantitative estimate of drug-likeness (QED) is 0.462. The number of aromatic nitrogens is 4. The van der Waals surface area contributed by atoms with Gasteiger partial charge in [-0.05, 0) is 46.1 Å². The van der Waals surface area contributed by atoms with Crippen LogP contribution in [0.25, 0.3) is 10.8 Å². The monoisotopic (exact) mass is 451 g/mol. The van der Waals surface area contributed by atoms with Gasteiger partial charge in [0.25, 0.3) is 0 Å². The molecule has 6 nitrogen and oxygen atoms in total. The van der Waals surface area contributed by atoms with Gasteiger partial charge < -0.3 is 5.32 Å². The van der Waals surface area contributed by atoms with E-state index in [0.717, 1.165) is 15.9 Å². The third-order valence-corrected chi connectivity index (χ3v) is 6.11. The molecular formula is C22H22BrN5O. The summed E-state index contributed by atoms with van der Waals surface area (Å²) in [6.07, 6.45) is 2.22. The van der Waals surface area contributed by atoms with Crippen molar-refractivity contribution < 1.29 is 4.79 Å². The van der Waals surface area contributed by atoms with Gasteiger partial charge in [-0.2, -0.15) is 10.2 Å². The van der Waals surface area contributed by atoms with E-state index in [1.807, 2.05) is 47.6 Å². The summed E-state index contributed by atoms with van der Waals surface area (Å²) in [6.45, 7) is 5.10. The molecule has 29 heavy (non-hydrogen) atoms. The number of halogens is 1. The van der Waals surface area contributed by atoms with Crippen molar-refractivity contribution in [1.82, 2.24) is 19.6 Å². The summed E-state index contributed by atoms with van der Waals surface area (Å²) in [6, 6.07) is 16.4. The fourth-order valence-corrected chi connectivity index (χ4v) is 3.71. The first-order valence-corrected chi connectivity index (χ1v) is 10.3. The minimum atomic E-state index is -0.0795. The molecule has 0 aliphatic rings. The smallest absolute Gasteiger partial charge is 0.227 e. The van der Waals surface area contributed by atoms with Crippen molar-refractivity contribution in [1.29, 1.82) is 0 Å². The zero-order chi connectivity index (χ0) is 20.4. The highest BCUT2D eigenvalue weighted by molar-refractivity contribution is 9.10. The van der Waals surface area contributed by atoms with Gasteiger partial charge in [-0.3, -0.25) is 14.2 Å². The molecular weight excluding hydrogens is 430 g/mol. The summed E-state index contributed by atoms with van der Waals surface area (Å²) < 4.78 is 4.68. The van der Waals surface area contributed by atoms with Crippen LogP contribution in [0.4, 0.5) is 5.82 Å². The number of nitrogens with zero attached hydrogens (tertiary/aromatic N) is 4. The second kappa shape index (κ2) is 8.21. The average molecular weight is 452 g/mol. The highest BCUT2D eigenvalue weighted by Gasteiger charge is 2.11. The number of hydrogen-bond acceptors (Lipinski definition) is 3. The maximum Gasteiger partial charge on any atom is 0.227 e. The molecule has 148 valence electrons. The largest absolute Gasteiger partial charge is 0.309 e. The predicted molar refractivity (Wildman–Crippen MR) is 118 cm³/mol. The third kappa shape index (κ3) is 4.24. The molecule has 0 atom stereocenters. The number of benzene rings is 2. The van der Waals surface area contributed by atoms with E-state index in [1.54, 1.807) is 0 Å². The minimum Gasteiger partial charge on any atom is -0.309 e. The van der Waals surface area contributed by atoms with Gasteiger partial charge >= 0.3 is 0 Å². The number of nitrogens with one attached hydrogen (secondary N) is 1. The van der Waals surface area contributed by atoms with Crippen molar-refractivity contribution in [2.75, 3.05) is 5.32 Å². The lowest BCUT2D eigenvalue weighted by Gasteiger charge is -2.07. The number of rotatable bonds is 6. The van der Waals surface area contributed by atoms with Crippen LogP contribution in [-0.2, 0) is 17.9 Å². The topological polar surface area (TPSA) is 64.7 Å². The molecule has 0 bridgehead atoms. The Hall–Kier alpha value is -2.93. The number of amides is 1.